The molecule has 26 heavy (non-hydrogen) atoms. The van der Waals surface area contributed by atoms with E-state index >= 15 is 0 Å². The highest BCUT2D eigenvalue weighted by Crippen LogP contribution is 2.28. The summed E-state index contributed by atoms with van der Waals surface area (Å²) in [5.41, 5.74) is 4.71. The molecule has 0 amide bonds. The van der Waals surface area contributed by atoms with Crippen molar-refractivity contribution in [1.29, 1.82) is 0 Å². The smallest absolute Gasteiger partial charge is 0.376 e. The van der Waals surface area contributed by atoms with Gasteiger partial charge in [-0.3, -0.25) is 15.5 Å². The fourth-order valence-corrected chi connectivity index (χ4v) is 2.90. The lowest BCUT2D eigenvalue weighted by Gasteiger charge is -2.30. The summed E-state index contributed by atoms with van der Waals surface area (Å²) in [4.78, 5) is 24.7. The average Bonchev–Trinajstić information content (AvgIpc) is 2.68. The van der Waals surface area contributed by atoms with Crippen molar-refractivity contribution in [2.75, 3.05) is 24.0 Å². The first kappa shape index (κ1) is 17.4. The van der Waals surface area contributed by atoms with Crippen molar-refractivity contribution < 1.29 is 14.5 Å². The molecule has 8 heteroatoms. The van der Waals surface area contributed by atoms with E-state index in [1.807, 2.05) is 24.3 Å². The quantitative estimate of drug-likeness (QED) is 0.299. The maximum atomic E-state index is 12.3. The van der Waals surface area contributed by atoms with Crippen molar-refractivity contribution >= 4 is 28.9 Å². The Kier molecular flexibility index (Phi) is 5.12. The minimum absolute atomic E-state index is 0.0535. The van der Waals surface area contributed by atoms with E-state index in [-0.39, 0.29) is 17.2 Å². The van der Waals surface area contributed by atoms with E-state index in [1.165, 1.54) is 19.2 Å². The normalized spacial score (nSPS) is 13.7. The Bertz CT molecular complexity index is 866. The molecule has 0 unspecified atom stereocenters. The molecule has 0 spiro atoms. The number of aryl methyl sites for hydroxylation is 1. The maximum absolute atomic E-state index is 12.3. The van der Waals surface area contributed by atoms with E-state index in [0.717, 1.165) is 24.1 Å². The maximum Gasteiger partial charge on any atom is 0.376 e. The molecule has 1 aliphatic heterocycles. The van der Waals surface area contributed by atoms with Gasteiger partial charge in [0.25, 0.3) is 5.69 Å². The number of carbonyl (C=O) groups is 1. The fourth-order valence-electron chi connectivity index (χ4n) is 2.90. The van der Waals surface area contributed by atoms with E-state index in [2.05, 4.69) is 10.5 Å². The van der Waals surface area contributed by atoms with Crippen molar-refractivity contribution in [2.45, 2.75) is 12.8 Å². The molecule has 0 bridgehead atoms. The molecule has 3 rings (SSSR count). The number of hydrogen-bond donors (Lipinski definition) is 1. The molecule has 2 aromatic rings. The van der Waals surface area contributed by atoms with Crippen LogP contribution in [0.3, 0.4) is 0 Å². The summed E-state index contributed by atoms with van der Waals surface area (Å²) in [6.45, 7) is 0.601. The van der Waals surface area contributed by atoms with Crippen LogP contribution < -0.4 is 10.3 Å². The van der Waals surface area contributed by atoms with E-state index < -0.39 is 10.9 Å². The van der Waals surface area contributed by atoms with Gasteiger partial charge in [-0.05, 0) is 30.5 Å². The molecule has 0 saturated carbocycles. The van der Waals surface area contributed by atoms with Crippen molar-refractivity contribution in [1.82, 2.24) is 0 Å². The number of amidine groups is 1. The number of hydrogen-bond acceptors (Lipinski definition) is 6. The highest BCUT2D eigenvalue weighted by molar-refractivity contribution is 6.41. The number of nitro benzene ring substituents is 1. The number of nitrogens with zero attached hydrogens (tertiary/aromatic N) is 3. The lowest BCUT2D eigenvalue weighted by atomic mass is 10.0. The number of esters is 1. The van der Waals surface area contributed by atoms with Crippen LogP contribution in [0, 0.1) is 10.1 Å². The molecule has 1 heterocycles. The highest BCUT2D eigenvalue weighted by Gasteiger charge is 2.26. The van der Waals surface area contributed by atoms with Crippen molar-refractivity contribution in [2.24, 2.45) is 5.10 Å². The average molecular weight is 354 g/mol. The third-order valence-corrected chi connectivity index (χ3v) is 4.12. The molecule has 0 fully saturated rings. The Hall–Kier alpha value is -3.42. The molecular weight excluding hydrogens is 336 g/mol. The fraction of sp³-hybridized carbons (Fsp3) is 0.222. The summed E-state index contributed by atoms with van der Waals surface area (Å²) in [6.07, 6.45) is 1.78. The van der Waals surface area contributed by atoms with Crippen LogP contribution >= 0.6 is 0 Å². The van der Waals surface area contributed by atoms with E-state index in [0.29, 0.717) is 6.54 Å². The van der Waals surface area contributed by atoms with Crippen LogP contribution in [0.15, 0.2) is 53.6 Å². The van der Waals surface area contributed by atoms with Gasteiger partial charge in [0.15, 0.2) is 0 Å². The summed E-state index contributed by atoms with van der Waals surface area (Å²) in [5.74, 6) is -0.564. The second-order valence-electron chi connectivity index (χ2n) is 5.70. The molecule has 0 radical (unpaired) electrons. The van der Waals surface area contributed by atoms with Crippen LogP contribution in [0.2, 0.25) is 0 Å². The number of benzene rings is 2. The van der Waals surface area contributed by atoms with Crippen molar-refractivity contribution in [3.05, 3.63) is 64.2 Å². The highest BCUT2D eigenvalue weighted by atomic mass is 16.6. The molecule has 0 aromatic heterocycles. The Balaban J connectivity index is 1.97. The monoisotopic (exact) mass is 354 g/mol. The van der Waals surface area contributed by atoms with Gasteiger partial charge in [0.05, 0.1) is 12.0 Å². The predicted molar refractivity (Wildman–Crippen MR) is 98.3 cm³/mol. The molecule has 0 saturated heterocycles. The van der Waals surface area contributed by atoms with Crippen LogP contribution in [0.25, 0.3) is 0 Å². The number of nitro groups is 1. The number of ether oxygens (including phenoxy) is 1. The first-order valence-corrected chi connectivity index (χ1v) is 8.12. The zero-order valence-electron chi connectivity index (χ0n) is 14.2. The number of nitrogens with one attached hydrogen (secondary N) is 1. The van der Waals surface area contributed by atoms with Crippen LogP contribution in [0.5, 0.6) is 0 Å². The van der Waals surface area contributed by atoms with Gasteiger partial charge in [-0.1, -0.05) is 30.3 Å². The number of carbonyl (C=O) groups excluding carboxylic acids is 1. The van der Waals surface area contributed by atoms with Crippen LogP contribution in [-0.4, -0.2) is 30.4 Å². The number of anilines is 2. The molecule has 0 atom stereocenters. The van der Waals surface area contributed by atoms with Gasteiger partial charge >= 0.3 is 5.97 Å². The predicted octanol–water partition coefficient (Wildman–Crippen LogP) is 2.95. The summed E-state index contributed by atoms with van der Waals surface area (Å²) >= 11 is 0. The largest absolute Gasteiger partial charge is 0.463 e. The second-order valence-corrected chi connectivity index (χ2v) is 5.70. The summed E-state index contributed by atoms with van der Waals surface area (Å²) in [6, 6.07) is 13.9. The SMILES string of the molecule is COC(=O)/C(=N/Nc1ccccc1[N+](=O)[O-])N1CCCc2ccccc21. The molecular formula is C18H18N4O4. The number of para-hydroxylation sites is 3. The third kappa shape index (κ3) is 3.49. The Morgan fingerprint density at radius 3 is 2.73 bits per heavy atom. The van der Waals surface area contributed by atoms with Crippen LogP contribution in [-0.2, 0) is 16.0 Å². The standard InChI is InChI=1S/C18H18N4O4/c1-26-18(23)17(20-19-14-9-3-5-11-16(14)22(24)25)21-12-6-8-13-7-2-4-10-15(13)21/h2-5,7,9-11,19H,6,8,12H2,1H3/b20-17-. The molecule has 134 valence electrons. The molecule has 8 nitrogen and oxygen atoms in total. The van der Waals surface area contributed by atoms with E-state index in [1.54, 1.807) is 17.0 Å². The summed E-state index contributed by atoms with van der Waals surface area (Å²) < 4.78 is 4.86. The Labute approximate surface area is 150 Å². The molecule has 1 N–H and O–H groups in total. The van der Waals surface area contributed by atoms with Crippen molar-refractivity contribution in [3.63, 3.8) is 0 Å². The van der Waals surface area contributed by atoms with Gasteiger partial charge in [0.1, 0.15) is 5.69 Å². The zero-order valence-corrected chi connectivity index (χ0v) is 14.2. The molecule has 1 aliphatic rings. The van der Waals surface area contributed by atoms with Crippen LogP contribution in [0.1, 0.15) is 12.0 Å². The number of fused-ring (bicyclic) bond motifs is 1. The summed E-state index contributed by atoms with van der Waals surface area (Å²) in [5, 5.41) is 15.3. The molecule has 0 aliphatic carbocycles. The zero-order chi connectivity index (χ0) is 18.5. The summed E-state index contributed by atoms with van der Waals surface area (Å²) in [7, 11) is 1.28. The van der Waals surface area contributed by atoms with Crippen LogP contribution in [0.4, 0.5) is 17.1 Å². The van der Waals surface area contributed by atoms with Gasteiger partial charge in [0, 0.05) is 18.3 Å². The third-order valence-electron chi connectivity index (χ3n) is 4.12. The van der Waals surface area contributed by atoms with E-state index in [9.17, 15) is 14.9 Å². The number of methoxy groups -OCH3 is 1. The van der Waals surface area contributed by atoms with Gasteiger partial charge in [0.2, 0.25) is 5.84 Å². The van der Waals surface area contributed by atoms with Crippen molar-refractivity contribution in [3.8, 4) is 0 Å². The first-order valence-electron chi connectivity index (χ1n) is 8.12. The van der Waals surface area contributed by atoms with Gasteiger partial charge in [-0.2, -0.15) is 0 Å². The topological polar surface area (TPSA) is 97.1 Å². The lowest BCUT2D eigenvalue weighted by molar-refractivity contribution is -0.384. The Morgan fingerprint density at radius 2 is 1.96 bits per heavy atom. The number of hydrazone groups is 1. The van der Waals surface area contributed by atoms with E-state index in [4.69, 9.17) is 4.74 Å². The lowest BCUT2D eigenvalue weighted by Crippen LogP contribution is -2.41. The minimum atomic E-state index is -0.618. The van der Waals surface area contributed by atoms with Gasteiger partial charge in [-0.25, -0.2) is 4.79 Å². The first-order chi connectivity index (χ1) is 12.6. The molecule has 2 aromatic carbocycles. The van der Waals surface area contributed by atoms with Gasteiger partial charge < -0.3 is 9.64 Å². The Morgan fingerprint density at radius 1 is 1.23 bits per heavy atom. The minimum Gasteiger partial charge on any atom is -0.463 e. The second kappa shape index (κ2) is 7.64. The van der Waals surface area contributed by atoms with Gasteiger partial charge in [-0.15, -0.1) is 5.10 Å². The number of rotatable bonds is 3.